The molecule has 7 heteroatoms. The summed E-state index contributed by atoms with van der Waals surface area (Å²) in [5.41, 5.74) is 1.54. The molecule has 0 unspecified atom stereocenters. The van der Waals surface area contributed by atoms with Crippen LogP contribution >= 0.6 is 0 Å². The number of nitrogens with one attached hydrogen (secondary N) is 1. The van der Waals surface area contributed by atoms with Crippen molar-refractivity contribution in [2.24, 2.45) is 0 Å². The number of aryl methyl sites for hydroxylation is 1. The van der Waals surface area contributed by atoms with Crippen molar-refractivity contribution in [2.75, 3.05) is 11.9 Å². The zero-order chi connectivity index (χ0) is 16.5. The van der Waals surface area contributed by atoms with E-state index in [0.29, 0.717) is 25.3 Å². The summed E-state index contributed by atoms with van der Waals surface area (Å²) in [5.74, 6) is -0.478. The van der Waals surface area contributed by atoms with E-state index in [-0.39, 0.29) is 11.9 Å². The van der Waals surface area contributed by atoms with Gasteiger partial charge in [-0.05, 0) is 30.7 Å². The van der Waals surface area contributed by atoms with Crippen molar-refractivity contribution >= 4 is 23.6 Å². The van der Waals surface area contributed by atoms with Crippen molar-refractivity contribution in [2.45, 2.75) is 19.9 Å². The predicted octanol–water partition coefficient (Wildman–Crippen LogP) is 1.88. The van der Waals surface area contributed by atoms with Gasteiger partial charge in [-0.25, -0.2) is 4.79 Å². The minimum absolute atomic E-state index is 0.102. The van der Waals surface area contributed by atoms with E-state index in [1.54, 1.807) is 42.2 Å². The van der Waals surface area contributed by atoms with Crippen molar-refractivity contribution in [1.82, 2.24) is 15.0 Å². The zero-order valence-electron chi connectivity index (χ0n) is 12.8. The molecule has 2 rings (SSSR count). The highest BCUT2D eigenvalue weighted by atomic mass is 16.5. The topological polar surface area (TPSA) is 86.1 Å². The molecule has 0 aliphatic rings. The summed E-state index contributed by atoms with van der Waals surface area (Å²) in [5, 5.41) is 10.3. The van der Waals surface area contributed by atoms with Gasteiger partial charge in [0.2, 0.25) is 5.91 Å². The molecule has 0 bridgehead atoms. The third-order valence-electron chi connectivity index (χ3n) is 2.93. The number of aromatic nitrogens is 3. The Bertz CT molecular complexity index is 663. The third-order valence-corrected chi connectivity index (χ3v) is 2.93. The van der Waals surface area contributed by atoms with Crippen molar-refractivity contribution < 1.29 is 14.3 Å². The van der Waals surface area contributed by atoms with Gasteiger partial charge in [0, 0.05) is 24.4 Å². The Balaban J connectivity index is 1.82. The number of anilines is 1. The van der Waals surface area contributed by atoms with Crippen LogP contribution in [-0.2, 0) is 20.9 Å². The van der Waals surface area contributed by atoms with Gasteiger partial charge in [0.05, 0.1) is 19.3 Å². The van der Waals surface area contributed by atoms with Gasteiger partial charge in [-0.15, -0.1) is 5.10 Å². The monoisotopic (exact) mass is 314 g/mol. The second kappa shape index (κ2) is 8.47. The highest BCUT2D eigenvalue weighted by Gasteiger charge is 2.03. The molecule has 1 aromatic carbocycles. The van der Waals surface area contributed by atoms with Crippen LogP contribution in [0.15, 0.2) is 42.7 Å². The number of benzene rings is 1. The molecule has 1 N–H and O–H groups in total. The fourth-order valence-corrected chi connectivity index (χ4v) is 1.82. The molecule has 0 radical (unpaired) electrons. The standard InChI is InChI=1S/C16H18N4O3/c1-2-23-16(22)8-5-13-3-6-14(7-4-13)18-15(21)9-11-20-12-10-17-19-20/h3-8,10,12H,2,9,11H2,1H3,(H,18,21)/b8-5+. The Hall–Kier alpha value is -2.96. The summed E-state index contributed by atoms with van der Waals surface area (Å²) in [7, 11) is 0. The summed E-state index contributed by atoms with van der Waals surface area (Å²) < 4.78 is 6.40. The van der Waals surface area contributed by atoms with E-state index in [1.165, 1.54) is 6.08 Å². The maximum atomic E-state index is 11.8. The molecule has 1 heterocycles. The number of rotatable bonds is 7. The molecule has 7 nitrogen and oxygen atoms in total. The fraction of sp³-hybridized carbons (Fsp3) is 0.250. The number of nitrogens with zero attached hydrogens (tertiary/aromatic N) is 3. The minimum Gasteiger partial charge on any atom is -0.463 e. The first kappa shape index (κ1) is 16.4. The summed E-state index contributed by atoms with van der Waals surface area (Å²) >= 11 is 0. The number of hydrogen-bond donors (Lipinski definition) is 1. The molecule has 0 saturated heterocycles. The van der Waals surface area contributed by atoms with Crippen molar-refractivity contribution in [1.29, 1.82) is 0 Å². The summed E-state index contributed by atoms with van der Waals surface area (Å²) in [6.45, 7) is 2.58. The largest absolute Gasteiger partial charge is 0.463 e. The van der Waals surface area contributed by atoms with Crippen LogP contribution in [0.4, 0.5) is 5.69 Å². The van der Waals surface area contributed by atoms with Crippen LogP contribution in [-0.4, -0.2) is 33.5 Å². The highest BCUT2D eigenvalue weighted by Crippen LogP contribution is 2.11. The molecule has 0 aliphatic heterocycles. The second-order valence-corrected chi connectivity index (χ2v) is 4.67. The number of ether oxygens (including phenoxy) is 1. The van der Waals surface area contributed by atoms with Gasteiger partial charge in [0.1, 0.15) is 0 Å². The first-order chi connectivity index (χ1) is 11.2. The summed E-state index contributed by atoms with van der Waals surface area (Å²) in [6.07, 6.45) is 6.62. The predicted molar refractivity (Wildman–Crippen MR) is 85.4 cm³/mol. The normalized spacial score (nSPS) is 10.7. The quantitative estimate of drug-likeness (QED) is 0.623. The Labute approximate surface area is 134 Å². The van der Waals surface area contributed by atoms with Gasteiger partial charge in [0.15, 0.2) is 0 Å². The average molecular weight is 314 g/mol. The van der Waals surface area contributed by atoms with Crippen LogP contribution in [0.3, 0.4) is 0 Å². The molecule has 0 aliphatic carbocycles. The van der Waals surface area contributed by atoms with E-state index >= 15 is 0 Å². The number of amides is 1. The van der Waals surface area contributed by atoms with Gasteiger partial charge in [-0.2, -0.15) is 0 Å². The lowest BCUT2D eigenvalue weighted by Gasteiger charge is -2.05. The van der Waals surface area contributed by atoms with E-state index in [2.05, 4.69) is 15.6 Å². The lowest BCUT2D eigenvalue weighted by atomic mass is 10.2. The summed E-state index contributed by atoms with van der Waals surface area (Å²) in [4.78, 5) is 23.1. The van der Waals surface area contributed by atoms with Crippen LogP contribution in [0.5, 0.6) is 0 Å². The highest BCUT2D eigenvalue weighted by molar-refractivity contribution is 5.91. The maximum absolute atomic E-state index is 11.8. The number of carbonyl (C=O) groups is 2. The number of hydrogen-bond acceptors (Lipinski definition) is 5. The molecule has 120 valence electrons. The molecule has 0 spiro atoms. The molecule has 0 saturated carbocycles. The van der Waals surface area contributed by atoms with E-state index in [9.17, 15) is 9.59 Å². The van der Waals surface area contributed by atoms with Gasteiger partial charge in [-0.3, -0.25) is 9.48 Å². The lowest BCUT2D eigenvalue weighted by molar-refractivity contribution is -0.137. The van der Waals surface area contributed by atoms with Crippen LogP contribution in [0.1, 0.15) is 18.9 Å². The molecular weight excluding hydrogens is 296 g/mol. The molecule has 0 fully saturated rings. The smallest absolute Gasteiger partial charge is 0.330 e. The Morgan fingerprint density at radius 1 is 1.30 bits per heavy atom. The van der Waals surface area contributed by atoms with Crippen LogP contribution in [0, 0.1) is 0 Å². The average Bonchev–Trinajstić information content (AvgIpc) is 3.06. The Morgan fingerprint density at radius 3 is 2.74 bits per heavy atom. The van der Waals surface area contributed by atoms with Crippen molar-refractivity contribution in [3.63, 3.8) is 0 Å². The molecule has 1 aromatic heterocycles. The third kappa shape index (κ3) is 5.74. The molecular formula is C16H18N4O3. The van der Waals surface area contributed by atoms with Crippen molar-refractivity contribution in [3.8, 4) is 0 Å². The van der Waals surface area contributed by atoms with E-state index in [0.717, 1.165) is 5.56 Å². The van der Waals surface area contributed by atoms with E-state index in [4.69, 9.17) is 4.74 Å². The lowest BCUT2D eigenvalue weighted by Crippen LogP contribution is -2.14. The number of esters is 1. The van der Waals surface area contributed by atoms with Gasteiger partial charge in [-0.1, -0.05) is 17.3 Å². The Kier molecular flexibility index (Phi) is 6.05. The van der Waals surface area contributed by atoms with Crippen LogP contribution in [0.25, 0.3) is 6.08 Å². The van der Waals surface area contributed by atoms with Gasteiger partial charge < -0.3 is 10.1 Å². The molecule has 2 aromatic rings. The minimum atomic E-state index is -0.377. The SMILES string of the molecule is CCOC(=O)/C=C/c1ccc(NC(=O)CCn2ccnn2)cc1. The van der Waals surface area contributed by atoms with E-state index in [1.807, 2.05) is 12.1 Å². The first-order valence-corrected chi connectivity index (χ1v) is 7.26. The van der Waals surface area contributed by atoms with Gasteiger partial charge >= 0.3 is 5.97 Å². The molecule has 23 heavy (non-hydrogen) atoms. The molecule has 0 atom stereocenters. The van der Waals surface area contributed by atoms with Crippen LogP contribution < -0.4 is 5.32 Å². The van der Waals surface area contributed by atoms with Gasteiger partial charge in [0.25, 0.3) is 0 Å². The first-order valence-electron chi connectivity index (χ1n) is 7.26. The fourth-order valence-electron chi connectivity index (χ4n) is 1.82. The van der Waals surface area contributed by atoms with Crippen molar-refractivity contribution in [3.05, 3.63) is 48.3 Å². The van der Waals surface area contributed by atoms with Crippen LogP contribution in [0.2, 0.25) is 0 Å². The second-order valence-electron chi connectivity index (χ2n) is 4.67. The molecule has 1 amide bonds. The van der Waals surface area contributed by atoms with E-state index < -0.39 is 0 Å². The zero-order valence-corrected chi connectivity index (χ0v) is 12.8. The number of carbonyl (C=O) groups excluding carboxylic acids is 2. The summed E-state index contributed by atoms with van der Waals surface area (Å²) in [6, 6.07) is 7.17. The maximum Gasteiger partial charge on any atom is 0.330 e. The Morgan fingerprint density at radius 2 is 2.09 bits per heavy atom.